The molecule has 0 saturated carbocycles. The molecular weight excluding hydrogens is 369 g/mol. The van der Waals surface area contributed by atoms with Crippen molar-refractivity contribution < 1.29 is 9.18 Å². The largest absolute Gasteiger partial charge is 0.324 e. The van der Waals surface area contributed by atoms with Crippen molar-refractivity contribution in [2.75, 3.05) is 5.32 Å². The quantitative estimate of drug-likeness (QED) is 0.515. The lowest BCUT2D eigenvalue weighted by molar-refractivity contribution is 0.102. The van der Waals surface area contributed by atoms with Gasteiger partial charge < -0.3 is 9.88 Å². The van der Waals surface area contributed by atoms with E-state index in [-0.39, 0.29) is 11.6 Å². The number of thiophene rings is 1. The molecule has 0 unspecified atom stereocenters. The van der Waals surface area contributed by atoms with Crippen LogP contribution in [0, 0.1) is 12.7 Å². The first-order valence-corrected chi connectivity index (χ1v) is 9.57. The molecule has 7 heteroatoms. The van der Waals surface area contributed by atoms with E-state index < -0.39 is 5.82 Å². The fourth-order valence-corrected chi connectivity index (χ4v) is 4.33. The fraction of sp³-hybridized carbons (Fsp3) is 0.0526. The van der Waals surface area contributed by atoms with Crippen LogP contribution in [0.15, 0.2) is 60.2 Å². The summed E-state index contributed by atoms with van der Waals surface area (Å²) in [5.41, 5.74) is 1.55. The SMILES string of the molecule is Cc1nc(-c2cccs2)sc1C(=O)Nc1cc(-n2cccc2)ccc1F. The van der Waals surface area contributed by atoms with Crippen LogP contribution in [-0.2, 0) is 0 Å². The summed E-state index contributed by atoms with van der Waals surface area (Å²) in [6.07, 6.45) is 3.72. The monoisotopic (exact) mass is 383 g/mol. The molecule has 0 radical (unpaired) electrons. The minimum atomic E-state index is -0.477. The minimum absolute atomic E-state index is 0.145. The van der Waals surface area contributed by atoms with E-state index in [1.807, 2.05) is 46.6 Å². The molecule has 4 rings (SSSR count). The van der Waals surface area contributed by atoms with E-state index in [1.165, 1.54) is 17.4 Å². The zero-order chi connectivity index (χ0) is 18.1. The molecular formula is C19H14FN3OS2. The second-order valence-electron chi connectivity index (χ2n) is 5.62. The van der Waals surface area contributed by atoms with Gasteiger partial charge in [-0.1, -0.05) is 6.07 Å². The summed E-state index contributed by atoms with van der Waals surface area (Å²) in [5, 5.41) is 5.44. The number of hydrogen-bond acceptors (Lipinski definition) is 4. The first-order valence-electron chi connectivity index (χ1n) is 7.87. The van der Waals surface area contributed by atoms with Gasteiger partial charge in [0.05, 0.1) is 16.3 Å². The van der Waals surface area contributed by atoms with E-state index in [2.05, 4.69) is 10.3 Å². The first-order chi connectivity index (χ1) is 12.6. The van der Waals surface area contributed by atoms with Gasteiger partial charge in [-0.2, -0.15) is 0 Å². The number of halogens is 1. The number of anilines is 1. The molecule has 0 bridgehead atoms. The molecule has 0 spiro atoms. The van der Waals surface area contributed by atoms with Crippen LogP contribution in [0.4, 0.5) is 10.1 Å². The van der Waals surface area contributed by atoms with Crippen molar-refractivity contribution >= 4 is 34.3 Å². The van der Waals surface area contributed by atoms with Crippen molar-refractivity contribution in [3.63, 3.8) is 0 Å². The van der Waals surface area contributed by atoms with E-state index in [4.69, 9.17) is 0 Å². The van der Waals surface area contributed by atoms with Crippen LogP contribution in [0.3, 0.4) is 0 Å². The zero-order valence-corrected chi connectivity index (χ0v) is 15.4. The van der Waals surface area contributed by atoms with Crippen LogP contribution < -0.4 is 5.32 Å². The van der Waals surface area contributed by atoms with E-state index in [1.54, 1.807) is 30.4 Å². The average Bonchev–Trinajstić information content (AvgIpc) is 3.38. The van der Waals surface area contributed by atoms with E-state index in [0.717, 1.165) is 15.6 Å². The summed E-state index contributed by atoms with van der Waals surface area (Å²) in [6, 6.07) is 12.3. The minimum Gasteiger partial charge on any atom is -0.324 e. The standard InChI is InChI=1S/C19H14FN3OS2/c1-12-17(26-19(21-12)16-5-4-10-25-16)18(24)22-15-11-13(6-7-14(15)20)23-8-2-3-9-23/h2-11H,1H3,(H,22,24). The molecule has 0 saturated heterocycles. The van der Waals surface area contributed by atoms with E-state index in [0.29, 0.717) is 10.6 Å². The Labute approximate surface area is 157 Å². The van der Waals surface area contributed by atoms with E-state index >= 15 is 0 Å². The average molecular weight is 383 g/mol. The maximum Gasteiger partial charge on any atom is 0.267 e. The molecule has 4 nitrogen and oxygen atoms in total. The number of nitrogens with one attached hydrogen (secondary N) is 1. The van der Waals surface area contributed by atoms with Gasteiger partial charge in [-0.15, -0.1) is 22.7 Å². The molecule has 0 aliphatic rings. The van der Waals surface area contributed by atoms with Crippen molar-refractivity contribution in [2.24, 2.45) is 0 Å². The predicted molar refractivity (Wildman–Crippen MR) is 104 cm³/mol. The number of thiazole rings is 1. The highest BCUT2D eigenvalue weighted by Gasteiger charge is 2.18. The third-order valence-corrected chi connectivity index (χ3v) is 6.03. The second-order valence-corrected chi connectivity index (χ2v) is 7.57. The van der Waals surface area contributed by atoms with Gasteiger partial charge in [-0.05, 0) is 48.7 Å². The Balaban J connectivity index is 1.62. The Morgan fingerprint density at radius 2 is 2.00 bits per heavy atom. The van der Waals surface area contributed by atoms with Gasteiger partial charge in [0.15, 0.2) is 0 Å². The maximum absolute atomic E-state index is 14.2. The van der Waals surface area contributed by atoms with Crippen LogP contribution in [0.25, 0.3) is 15.6 Å². The fourth-order valence-electron chi connectivity index (χ4n) is 2.57. The lowest BCUT2D eigenvalue weighted by Gasteiger charge is -2.09. The molecule has 26 heavy (non-hydrogen) atoms. The number of amides is 1. The van der Waals surface area contributed by atoms with Gasteiger partial charge in [0.2, 0.25) is 0 Å². The summed E-state index contributed by atoms with van der Waals surface area (Å²) in [5.74, 6) is -0.832. The molecule has 0 atom stereocenters. The van der Waals surface area contributed by atoms with Gasteiger partial charge in [0.1, 0.15) is 15.7 Å². The van der Waals surface area contributed by atoms with Crippen molar-refractivity contribution in [2.45, 2.75) is 6.92 Å². The normalized spacial score (nSPS) is 10.8. The molecule has 3 heterocycles. The van der Waals surface area contributed by atoms with Crippen molar-refractivity contribution in [1.29, 1.82) is 0 Å². The molecule has 0 fully saturated rings. The number of carbonyl (C=O) groups excluding carboxylic acids is 1. The molecule has 1 N–H and O–H groups in total. The maximum atomic E-state index is 14.2. The highest BCUT2D eigenvalue weighted by molar-refractivity contribution is 7.22. The van der Waals surface area contributed by atoms with Crippen LogP contribution in [-0.4, -0.2) is 15.5 Å². The number of rotatable bonds is 4. The highest BCUT2D eigenvalue weighted by Crippen LogP contribution is 2.31. The van der Waals surface area contributed by atoms with Crippen molar-refractivity contribution in [1.82, 2.24) is 9.55 Å². The molecule has 0 aliphatic carbocycles. The van der Waals surface area contributed by atoms with Gasteiger partial charge in [-0.25, -0.2) is 9.37 Å². The molecule has 3 aromatic heterocycles. The summed E-state index contributed by atoms with van der Waals surface area (Å²) >= 11 is 2.88. The molecule has 130 valence electrons. The molecule has 0 aliphatic heterocycles. The van der Waals surface area contributed by atoms with Crippen LogP contribution in [0.5, 0.6) is 0 Å². The Bertz CT molecular complexity index is 1050. The van der Waals surface area contributed by atoms with Crippen molar-refractivity contribution in [3.8, 4) is 15.6 Å². The first kappa shape index (κ1) is 16.7. The number of hydrogen-bond donors (Lipinski definition) is 1. The van der Waals surface area contributed by atoms with Gasteiger partial charge >= 0.3 is 0 Å². The number of nitrogens with zero attached hydrogens (tertiary/aromatic N) is 2. The number of benzene rings is 1. The van der Waals surface area contributed by atoms with Crippen LogP contribution >= 0.6 is 22.7 Å². The third-order valence-electron chi connectivity index (χ3n) is 3.84. The Morgan fingerprint density at radius 1 is 1.19 bits per heavy atom. The van der Waals surface area contributed by atoms with Crippen LogP contribution in [0.1, 0.15) is 15.4 Å². The molecule has 4 aromatic rings. The predicted octanol–water partition coefficient (Wildman–Crippen LogP) is 5.36. The summed E-state index contributed by atoms with van der Waals surface area (Å²) in [4.78, 5) is 18.6. The topological polar surface area (TPSA) is 46.9 Å². The van der Waals surface area contributed by atoms with Gasteiger partial charge in [0.25, 0.3) is 5.91 Å². The summed E-state index contributed by atoms with van der Waals surface area (Å²) < 4.78 is 16.0. The molecule has 1 amide bonds. The molecule has 1 aromatic carbocycles. The number of carbonyl (C=O) groups is 1. The van der Waals surface area contributed by atoms with E-state index in [9.17, 15) is 9.18 Å². The van der Waals surface area contributed by atoms with Gasteiger partial charge in [0, 0.05) is 18.1 Å². The van der Waals surface area contributed by atoms with Crippen LogP contribution in [0.2, 0.25) is 0 Å². The lowest BCUT2D eigenvalue weighted by atomic mass is 10.2. The number of aromatic nitrogens is 2. The Morgan fingerprint density at radius 3 is 2.73 bits per heavy atom. The summed E-state index contributed by atoms with van der Waals surface area (Å²) in [7, 11) is 0. The van der Waals surface area contributed by atoms with Gasteiger partial charge in [-0.3, -0.25) is 4.79 Å². The smallest absolute Gasteiger partial charge is 0.267 e. The lowest BCUT2D eigenvalue weighted by Crippen LogP contribution is -2.13. The zero-order valence-electron chi connectivity index (χ0n) is 13.8. The Hall–Kier alpha value is -2.77. The van der Waals surface area contributed by atoms with Crippen molar-refractivity contribution in [3.05, 3.63) is 76.6 Å². The summed E-state index contributed by atoms with van der Waals surface area (Å²) in [6.45, 7) is 1.79. The second kappa shape index (κ2) is 6.86. The highest BCUT2D eigenvalue weighted by atomic mass is 32.1. The number of aryl methyl sites for hydroxylation is 1. The third kappa shape index (κ3) is 3.18. The Kier molecular flexibility index (Phi) is 4.40.